The number of ether oxygens (including phenoxy) is 2. The van der Waals surface area contributed by atoms with Crippen LogP contribution in [0.3, 0.4) is 0 Å². The minimum absolute atomic E-state index is 0.106. The summed E-state index contributed by atoms with van der Waals surface area (Å²) in [6.45, 7) is 6.77. The number of rotatable bonds is 5. The number of hydrogen-bond donors (Lipinski definition) is 2. The number of carbonyl (C=O) groups is 1. The summed E-state index contributed by atoms with van der Waals surface area (Å²) in [4.78, 5) is 20.4. The molecule has 1 aromatic heterocycles. The fraction of sp³-hybridized carbons (Fsp3) is 0.391. The Morgan fingerprint density at radius 3 is 2.83 bits per heavy atom. The first kappa shape index (κ1) is 19.5. The zero-order valence-corrected chi connectivity index (χ0v) is 17.1. The van der Waals surface area contributed by atoms with E-state index in [0.29, 0.717) is 35.8 Å². The van der Waals surface area contributed by atoms with Gasteiger partial charge in [0.15, 0.2) is 11.5 Å². The minimum Gasteiger partial charge on any atom is -0.457 e. The van der Waals surface area contributed by atoms with Crippen molar-refractivity contribution >= 4 is 16.8 Å². The van der Waals surface area contributed by atoms with E-state index in [1.54, 1.807) is 0 Å². The average molecular weight is 393 g/mol. The number of nitrogens with two attached hydrogens (primary N) is 1. The first-order chi connectivity index (χ1) is 13.9. The first-order valence-electron chi connectivity index (χ1n) is 9.96. The highest BCUT2D eigenvalue weighted by atomic mass is 16.7. The van der Waals surface area contributed by atoms with Crippen LogP contribution in [0.2, 0.25) is 0 Å². The highest BCUT2D eigenvalue weighted by molar-refractivity contribution is 5.82. The Morgan fingerprint density at radius 1 is 1.34 bits per heavy atom. The van der Waals surface area contributed by atoms with E-state index in [-0.39, 0.29) is 18.1 Å². The van der Waals surface area contributed by atoms with Crippen LogP contribution >= 0.6 is 0 Å². The number of aryl methyl sites for hydroxylation is 1. The second-order valence-corrected chi connectivity index (χ2v) is 8.06. The molecule has 1 fully saturated rings. The Labute approximate surface area is 170 Å². The second-order valence-electron chi connectivity index (χ2n) is 8.06. The highest BCUT2D eigenvalue weighted by Gasteiger charge is 2.53. The van der Waals surface area contributed by atoms with Crippen molar-refractivity contribution in [3.8, 4) is 0 Å². The number of fused-ring (bicyclic) bond motifs is 1. The summed E-state index contributed by atoms with van der Waals surface area (Å²) in [7, 11) is 0. The van der Waals surface area contributed by atoms with E-state index in [1.165, 1.54) is 5.56 Å². The van der Waals surface area contributed by atoms with Crippen LogP contribution in [0.15, 0.2) is 58.6 Å². The Balaban J connectivity index is 1.57. The van der Waals surface area contributed by atoms with Crippen LogP contribution in [-0.2, 0) is 14.3 Å². The van der Waals surface area contributed by atoms with Gasteiger partial charge in [-0.2, -0.15) is 0 Å². The summed E-state index contributed by atoms with van der Waals surface area (Å²) in [5.74, 6) is 1.65. The number of hydrogen-bond acceptors (Lipinski definition) is 4. The largest absolute Gasteiger partial charge is 0.457 e. The smallest absolute Gasteiger partial charge is 0.247 e. The maximum absolute atomic E-state index is 12.8. The highest BCUT2D eigenvalue weighted by Crippen LogP contribution is 2.60. The molecule has 1 saturated carbocycles. The van der Waals surface area contributed by atoms with Gasteiger partial charge in [0.25, 0.3) is 0 Å². The molecule has 6 nitrogen and oxygen atoms in total. The zero-order chi connectivity index (χ0) is 20.6. The maximum atomic E-state index is 12.8. The van der Waals surface area contributed by atoms with Gasteiger partial charge >= 0.3 is 0 Å². The lowest BCUT2D eigenvalue weighted by molar-refractivity contribution is -0.119. The van der Waals surface area contributed by atoms with Crippen molar-refractivity contribution in [3.63, 3.8) is 0 Å². The summed E-state index contributed by atoms with van der Waals surface area (Å²) in [5, 5.41) is 1.80. The molecule has 6 heteroatoms. The van der Waals surface area contributed by atoms with Crippen molar-refractivity contribution in [3.05, 3.63) is 64.6 Å². The van der Waals surface area contributed by atoms with Crippen molar-refractivity contribution in [1.29, 1.82) is 0 Å². The van der Waals surface area contributed by atoms with Gasteiger partial charge in [0.2, 0.25) is 12.7 Å². The maximum Gasteiger partial charge on any atom is 0.247 e. The van der Waals surface area contributed by atoms with E-state index < -0.39 is 0 Å². The summed E-state index contributed by atoms with van der Waals surface area (Å²) in [6.07, 6.45) is 5.30. The molecule has 2 unspecified atom stereocenters. The van der Waals surface area contributed by atoms with Gasteiger partial charge in [0.1, 0.15) is 0 Å². The molecular weight excluding hydrogens is 366 g/mol. The van der Waals surface area contributed by atoms with Gasteiger partial charge in [-0.3, -0.25) is 4.79 Å². The number of aromatic amines is 1. The molecule has 1 aromatic carbocycles. The summed E-state index contributed by atoms with van der Waals surface area (Å²) in [6, 6.07) is 7.75. The van der Waals surface area contributed by atoms with Gasteiger partial charge in [0, 0.05) is 28.9 Å². The number of carbonyl (C=O) groups excluding carboxylic acids is 1. The van der Waals surface area contributed by atoms with Crippen molar-refractivity contribution in [2.24, 2.45) is 22.1 Å². The van der Waals surface area contributed by atoms with E-state index >= 15 is 0 Å². The van der Waals surface area contributed by atoms with Crippen molar-refractivity contribution in [2.45, 2.75) is 33.6 Å². The Bertz CT molecular complexity index is 1100. The molecule has 1 aliphatic heterocycles. The van der Waals surface area contributed by atoms with Crippen LogP contribution in [0.5, 0.6) is 0 Å². The van der Waals surface area contributed by atoms with Gasteiger partial charge in [-0.1, -0.05) is 18.6 Å². The number of allylic oxidation sites excluding steroid dienone is 2. The molecule has 1 amide bonds. The molecule has 2 heterocycles. The molecule has 3 N–H and O–H groups in total. The van der Waals surface area contributed by atoms with Crippen molar-refractivity contribution in [1.82, 2.24) is 4.98 Å². The molecule has 2 atom stereocenters. The van der Waals surface area contributed by atoms with Crippen LogP contribution in [0, 0.1) is 18.3 Å². The Hall–Kier alpha value is -2.86. The molecule has 0 saturated heterocycles. The summed E-state index contributed by atoms with van der Waals surface area (Å²) in [5.41, 5.74) is 8.85. The normalized spacial score (nSPS) is 24.6. The summed E-state index contributed by atoms with van der Waals surface area (Å²) >= 11 is 0. The lowest BCUT2D eigenvalue weighted by Crippen LogP contribution is -2.14. The molecule has 152 valence electrons. The van der Waals surface area contributed by atoms with Gasteiger partial charge in [-0.05, 0) is 56.0 Å². The summed E-state index contributed by atoms with van der Waals surface area (Å²) < 4.78 is 10.9. The van der Waals surface area contributed by atoms with E-state index in [2.05, 4.69) is 23.8 Å². The number of nitrogens with zero attached hydrogens (tertiary/aromatic N) is 1. The topological polar surface area (TPSA) is 89.7 Å². The quantitative estimate of drug-likeness (QED) is 0.814. The molecule has 1 aliphatic carbocycles. The third kappa shape index (κ3) is 3.72. The van der Waals surface area contributed by atoms with Crippen LogP contribution in [0.1, 0.15) is 32.3 Å². The average Bonchev–Trinajstić information content (AvgIpc) is 3.02. The van der Waals surface area contributed by atoms with Crippen molar-refractivity contribution < 1.29 is 14.3 Å². The molecular formula is C23H27N3O3. The number of H-pyrrole nitrogens is 1. The van der Waals surface area contributed by atoms with Crippen LogP contribution in [-0.4, -0.2) is 24.2 Å². The molecule has 4 rings (SSSR count). The first-order valence-corrected chi connectivity index (χ1v) is 9.96. The van der Waals surface area contributed by atoms with Gasteiger partial charge in [-0.25, -0.2) is 4.99 Å². The standard InChI is InChI=1S/C23H27N3O3/c1-14-12-25-19-7-5-17(4-6-18(14)19)26-22(27)10-23(9-16(23)3)15(2)8-20-21(11-24)29-13-28-20/h4-8,12,16,25H,9-11,13,24H2,1-3H3. The molecule has 0 bridgehead atoms. The van der Waals surface area contributed by atoms with E-state index in [4.69, 9.17) is 15.2 Å². The number of nitrogens with one attached hydrogen (secondary N) is 1. The van der Waals surface area contributed by atoms with Crippen LogP contribution in [0.4, 0.5) is 0 Å². The molecule has 0 spiro atoms. The van der Waals surface area contributed by atoms with Crippen LogP contribution < -0.4 is 11.1 Å². The fourth-order valence-corrected chi connectivity index (χ4v) is 4.19. The monoisotopic (exact) mass is 393 g/mol. The predicted octanol–water partition coefficient (Wildman–Crippen LogP) is 3.44. The van der Waals surface area contributed by atoms with Crippen molar-refractivity contribution in [2.75, 3.05) is 13.3 Å². The zero-order valence-electron chi connectivity index (χ0n) is 17.1. The van der Waals surface area contributed by atoms with E-state index in [1.807, 2.05) is 43.5 Å². The molecule has 2 aliphatic rings. The van der Waals surface area contributed by atoms with E-state index in [0.717, 1.165) is 22.9 Å². The minimum atomic E-state index is -0.168. The van der Waals surface area contributed by atoms with Gasteiger partial charge in [0.05, 0.1) is 11.9 Å². The third-order valence-electron chi connectivity index (χ3n) is 6.22. The Morgan fingerprint density at radius 2 is 2.10 bits per heavy atom. The molecule has 2 aromatic rings. The number of amides is 1. The van der Waals surface area contributed by atoms with E-state index in [9.17, 15) is 4.79 Å². The second kappa shape index (κ2) is 7.52. The number of aromatic nitrogens is 1. The molecule has 0 radical (unpaired) electrons. The van der Waals surface area contributed by atoms with Gasteiger partial charge in [-0.15, -0.1) is 0 Å². The SMILES string of the molecule is CC(=CC1=C(CN)OCO1)C1(CC(=O)N=c2ccc3[nH]cc(C)c3cc2)CC1C. The lowest BCUT2D eigenvalue weighted by atomic mass is 9.89. The predicted molar refractivity (Wildman–Crippen MR) is 111 cm³/mol. The fourth-order valence-electron chi connectivity index (χ4n) is 4.19. The lowest BCUT2D eigenvalue weighted by Gasteiger charge is -2.16. The third-order valence-corrected chi connectivity index (χ3v) is 6.22. The Kier molecular flexibility index (Phi) is 5.04. The molecule has 29 heavy (non-hydrogen) atoms. The van der Waals surface area contributed by atoms with Gasteiger partial charge < -0.3 is 20.2 Å². The van der Waals surface area contributed by atoms with Crippen LogP contribution in [0.25, 0.3) is 10.9 Å².